The monoisotopic (exact) mass is 253 g/mol. The van der Waals surface area contributed by atoms with Gasteiger partial charge in [0.25, 0.3) is 0 Å². The van der Waals surface area contributed by atoms with E-state index in [0.717, 1.165) is 18.7 Å². The Morgan fingerprint density at radius 1 is 1.05 bits per heavy atom. The summed E-state index contributed by atoms with van der Waals surface area (Å²) in [5, 5.41) is 3.46. The van der Waals surface area contributed by atoms with Crippen molar-refractivity contribution in [2.75, 3.05) is 11.9 Å². The van der Waals surface area contributed by atoms with E-state index in [9.17, 15) is 0 Å². The topological polar surface area (TPSA) is 21.3 Å². The summed E-state index contributed by atoms with van der Waals surface area (Å²) < 4.78 is 6.14. The molecule has 1 N–H and O–H groups in total. The maximum Gasteiger partial charge on any atom is 0.143 e. The van der Waals surface area contributed by atoms with Crippen molar-refractivity contribution in [3.63, 3.8) is 0 Å². The molecule has 0 bridgehead atoms. The van der Waals surface area contributed by atoms with Gasteiger partial charge in [0.15, 0.2) is 0 Å². The fourth-order valence-electron chi connectivity index (χ4n) is 2.56. The molecule has 0 saturated carbocycles. The molecule has 0 aliphatic carbocycles. The first kappa shape index (κ1) is 12.1. The van der Waals surface area contributed by atoms with Crippen LogP contribution in [0.15, 0.2) is 48.5 Å². The molecule has 19 heavy (non-hydrogen) atoms. The van der Waals surface area contributed by atoms with Crippen molar-refractivity contribution in [1.29, 1.82) is 0 Å². The summed E-state index contributed by atoms with van der Waals surface area (Å²) in [6, 6.07) is 16.7. The number of para-hydroxylation sites is 1. The van der Waals surface area contributed by atoms with E-state index in [1.807, 2.05) is 18.2 Å². The minimum absolute atomic E-state index is 0.0661. The largest absolute Gasteiger partial charge is 0.484 e. The highest BCUT2D eigenvalue weighted by Gasteiger charge is 2.15. The Hall–Kier alpha value is -1.96. The SMILES string of the molecule is CC(Oc1cccc2c1NCCC2)c1ccccc1. The van der Waals surface area contributed by atoms with Gasteiger partial charge in [0.05, 0.1) is 5.69 Å². The number of rotatable bonds is 3. The van der Waals surface area contributed by atoms with E-state index in [-0.39, 0.29) is 6.10 Å². The van der Waals surface area contributed by atoms with Crippen molar-refractivity contribution in [3.8, 4) is 5.75 Å². The number of nitrogens with one attached hydrogen (secondary N) is 1. The van der Waals surface area contributed by atoms with Gasteiger partial charge in [-0.25, -0.2) is 0 Å². The summed E-state index contributed by atoms with van der Waals surface area (Å²) in [6.07, 6.45) is 2.40. The molecule has 3 rings (SSSR count). The van der Waals surface area contributed by atoms with Crippen LogP contribution in [-0.4, -0.2) is 6.54 Å². The second kappa shape index (κ2) is 5.35. The maximum absolute atomic E-state index is 6.14. The number of hydrogen-bond acceptors (Lipinski definition) is 2. The van der Waals surface area contributed by atoms with Crippen molar-refractivity contribution < 1.29 is 4.74 Å². The van der Waals surface area contributed by atoms with E-state index in [1.165, 1.54) is 23.2 Å². The van der Waals surface area contributed by atoms with E-state index >= 15 is 0 Å². The summed E-state index contributed by atoms with van der Waals surface area (Å²) in [7, 11) is 0. The lowest BCUT2D eigenvalue weighted by Crippen LogP contribution is -2.14. The molecule has 98 valence electrons. The minimum Gasteiger partial charge on any atom is -0.484 e. The predicted octanol–water partition coefficient (Wildman–Crippen LogP) is 4.18. The third kappa shape index (κ3) is 2.58. The second-order valence-electron chi connectivity index (χ2n) is 4.99. The standard InChI is InChI=1S/C17H19NO/c1-13(14-7-3-2-4-8-14)19-16-11-5-9-15-10-6-12-18-17(15)16/h2-5,7-9,11,13,18H,6,10,12H2,1H3. The Morgan fingerprint density at radius 2 is 1.89 bits per heavy atom. The van der Waals surface area contributed by atoms with Crippen LogP contribution >= 0.6 is 0 Å². The second-order valence-corrected chi connectivity index (χ2v) is 4.99. The lowest BCUT2D eigenvalue weighted by atomic mass is 10.0. The lowest BCUT2D eigenvalue weighted by molar-refractivity contribution is 0.228. The third-order valence-electron chi connectivity index (χ3n) is 3.61. The van der Waals surface area contributed by atoms with Crippen LogP contribution < -0.4 is 10.1 Å². The van der Waals surface area contributed by atoms with Gasteiger partial charge >= 0.3 is 0 Å². The molecule has 1 unspecified atom stereocenters. The van der Waals surface area contributed by atoms with Crippen LogP contribution in [0.4, 0.5) is 5.69 Å². The zero-order valence-corrected chi connectivity index (χ0v) is 11.2. The molecule has 0 radical (unpaired) electrons. The first-order valence-corrected chi connectivity index (χ1v) is 6.92. The Labute approximate surface area is 114 Å². The first-order chi connectivity index (χ1) is 9.34. The normalized spacial score (nSPS) is 15.2. The smallest absolute Gasteiger partial charge is 0.143 e. The van der Waals surface area contributed by atoms with E-state index < -0.39 is 0 Å². The van der Waals surface area contributed by atoms with Crippen LogP contribution in [0.2, 0.25) is 0 Å². The molecule has 2 nitrogen and oxygen atoms in total. The van der Waals surface area contributed by atoms with Gasteiger partial charge in [-0.1, -0.05) is 42.5 Å². The molecule has 1 aliphatic heterocycles. The fourth-order valence-corrected chi connectivity index (χ4v) is 2.56. The summed E-state index contributed by atoms with van der Waals surface area (Å²) in [5.74, 6) is 0.966. The average molecular weight is 253 g/mol. The van der Waals surface area contributed by atoms with Crippen molar-refractivity contribution in [3.05, 3.63) is 59.7 Å². The molecule has 2 aromatic rings. The molecule has 1 heterocycles. The van der Waals surface area contributed by atoms with Gasteiger partial charge in [0.1, 0.15) is 11.9 Å². The Bertz CT molecular complexity index is 550. The minimum atomic E-state index is 0.0661. The van der Waals surface area contributed by atoms with Crippen molar-refractivity contribution in [2.24, 2.45) is 0 Å². The van der Waals surface area contributed by atoms with Crippen LogP contribution in [0.1, 0.15) is 30.6 Å². The fraction of sp³-hybridized carbons (Fsp3) is 0.294. The number of aryl methyl sites for hydroxylation is 1. The van der Waals surface area contributed by atoms with Crippen LogP contribution in [0.3, 0.4) is 0 Å². The van der Waals surface area contributed by atoms with Gasteiger partial charge in [-0.15, -0.1) is 0 Å². The molecule has 1 aliphatic rings. The molecule has 1 atom stereocenters. The van der Waals surface area contributed by atoms with Crippen molar-refractivity contribution in [1.82, 2.24) is 0 Å². The number of hydrogen-bond donors (Lipinski definition) is 1. The Morgan fingerprint density at radius 3 is 2.74 bits per heavy atom. The Kier molecular flexibility index (Phi) is 3.41. The molecular weight excluding hydrogens is 234 g/mol. The van der Waals surface area contributed by atoms with Crippen molar-refractivity contribution >= 4 is 5.69 Å². The Balaban J connectivity index is 1.84. The number of ether oxygens (including phenoxy) is 1. The summed E-state index contributed by atoms with van der Waals surface area (Å²) >= 11 is 0. The quantitative estimate of drug-likeness (QED) is 0.885. The highest BCUT2D eigenvalue weighted by Crippen LogP contribution is 2.34. The van der Waals surface area contributed by atoms with E-state index in [1.54, 1.807) is 0 Å². The van der Waals surface area contributed by atoms with Gasteiger partial charge < -0.3 is 10.1 Å². The first-order valence-electron chi connectivity index (χ1n) is 6.92. The molecule has 0 amide bonds. The molecule has 0 fully saturated rings. The summed E-state index contributed by atoms with van der Waals surface area (Å²) in [6.45, 7) is 3.13. The molecule has 2 heteroatoms. The van der Waals surface area contributed by atoms with Gasteiger partial charge in [0, 0.05) is 6.54 Å². The molecule has 2 aromatic carbocycles. The van der Waals surface area contributed by atoms with Crippen LogP contribution in [0.5, 0.6) is 5.75 Å². The third-order valence-corrected chi connectivity index (χ3v) is 3.61. The highest BCUT2D eigenvalue weighted by molar-refractivity contribution is 5.63. The summed E-state index contributed by atoms with van der Waals surface area (Å²) in [5.41, 5.74) is 3.75. The van der Waals surface area contributed by atoms with E-state index in [0.29, 0.717) is 0 Å². The number of anilines is 1. The lowest BCUT2D eigenvalue weighted by Gasteiger charge is -2.23. The zero-order chi connectivity index (χ0) is 13.1. The number of benzene rings is 2. The molecular formula is C17H19NO. The van der Waals surface area contributed by atoms with Crippen molar-refractivity contribution in [2.45, 2.75) is 25.9 Å². The predicted molar refractivity (Wildman–Crippen MR) is 78.7 cm³/mol. The van der Waals surface area contributed by atoms with Crippen LogP contribution in [0.25, 0.3) is 0 Å². The van der Waals surface area contributed by atoms with E-state index in [2.05, 4.69) is 42.6 Å². The van der Waals surface area contributed by atoms with E-state index in [4.69, 9.17) is 4.74 Å². The van der Waals surface area contributed by atoms with Gasteiger partial charge in [-0.3, -0.25) is 0 Å². The average Bonchev–Trinajstić information content (AvgIpc) is 2.48. The molecule has 0 spiro atoms. The van der Waals surface area contributed by atoms with Gasteiger partial charge in [-0.05, 0) is 37.0 Å². The highest BCUT2D eigenvalue weighted by atomic mass is 16.5. The van der Waals surface area contributed by atoms with Gasteiger partial charge in [-0.2, -0.15) is 0 Å². The van der Waals surface area contributed by atoms with Crippen LogP contribution in [0, 0.1) is 0 Å². The maximum atomic E-state index is 6.14. The zero-order valence-electron chi connectivity index (χ0n) is 11.2. The number of fused-ring (bicyclic) bond motifs is 1. The summed E-state index contributed by atoms with van der Waals surface area (Å²) in [4.78, 5) is 0. The molecule has 0 aromatic heterocycles. The van der Waals surface area contributed by atoms with Gasteiger partial charge in [0.2, 0.25) is 0 Å². The van der Waals surface area contributed by atoms with Crippen LogP contribution in [-0.2, 0) is 6.42 Å². The molecule has 0 saturated heterocycles.